The van der Waals surface area contributed by atoms with Gasteiger partial charge in [-0.3, -0.25) is 5.43 Å². The number of nitrogens with one attached hydrogen (secondary N) is 1. The van der Waals surface area contributed by atoms with Crippen LogP contribution in [0.5, 0.6) is 0 Å². The number of likely N-dealkylation sites (N-methyl/N-ethyl adjacent to an activating group) is 1. The second-order valence-electron chi connectivity index (χ2n) is 1.97. The number of hydrazone groups is 1. The molecule has 0 saturated heterocycles. The molecule has 0 bridgehead atoms. The lowest BCUT2D eigenvalue weighted by molar-refractivity contribution is 0.0420. The number of hydrogen-bond acceptors (Lipinski definition) is 5. The molecule has 0 spiro atoms. The zero-order valence-electron chi connectivity index (χ0n) is 5.78. The molecule has 0 aromatic carbocycles. The second kappa shape index (κ2) is 2.85. The highest BCUT2D eigenvalue weighted by Gasteiger charge is 2.22. The minimum absolute atomic E-state index is 0.141. The van der Waals surface area contributed by atoms with Crippen LogP contribution in [0.15, 0.2) is 5.10 Å². The summed E-state index contributed by atoms with van der Waals surface area (Å²) in [6.07, 6.45) is -0.771. The van der Waals surface area contributed by atoms with Crippen LogP contribution in [0.2, 0.25) is 0 Å². The molecule has 0 radical (unpaired) electrons. The average Bonchev–Trinajstić information content (AvgIpc) is 2.30. The van der Waals surface area contributed by atoms with Gasteiger partial charge in [-0.1, -0.05) is 0 Å². The molecule has 0 aromatic heterocycles. The lowest BCUT2D eigenvalue weighted by Gasteiger charge is -2.19. The summed E-state index contributed by atoms with van der Waals surface area (Å²) in [6.45, 7) is 2.37. The fourth-order valence-electron chi connectivity index (χ4n) is 0.889. The minimum Gasteiger partial charge on any atom is -0.388 e. The Bertz CT molecular complexity index is 148. The Hall–Kier alpha value is -0.810. The Morgan fingerprint density at radius 2 is 2.50 bits per heavy atom. The topological polar surface area (TPSA) is 68.1 Å². The second-order valence-corrected chi connectivity index (χ2v) is 1.97. The van der Waals surface area contributed by atoms with E-state index in [1.807, 2.05) is 6.92 Å². The molecule has 1 rings (SSSR count). The van der Waals surface area contributed by atoms with Crippen LogP contribution in [0.1, 0.15) is 6.92 Å². The van der Waals surface area contributed by atoms with Gasteiger partial charge < -0.3 is 15.1 Å². The van der Waals surface area contributed by atoms with Crippen LogP contribution >= 0.6 is 0 Å². The van der Waals surface area contributed by atoms with Gasteiger partial charge in [0.1, 0.15) is 6.61 Å². The predicted molar refractivity (Wildman–Crippen MR) is 36.0 cm³/mol. The first-order valence-electron chi connectivity index (χ1n) is 3.17. The zero-order chi connectivity index (χ0) is 7.56. The molecule has 1 atom stereocenters. The highest BCUT2D eigenvalue weighted by atomic mass is 16.3. The van der Waals surface area contributed by atoms with Gasteiger partial charge in [-0.15, -0.1) is 0 Å². The third-order valence-corrected chi connectivity index (χ3v) is 1.42. The summed E-state index contributed by atoms with van der Waals surface area (Å²) in [6, 6.07) is 0. The summed E-state index contributed by atoms with van der Waals surface area (Å²) in [5.41, 5.74) is 2.43. The first-order chi connectivity index (χ1) is 4.79. The van der Waals surface area contributed by atoms with E-state index >= 15 is 0 Å². The van der Waals surface area contributed by atoms with Gasteiger partial charge in [0.2, 0.25) is 6.35 Å². The first kappa shape index (κ1) is 7.30. The van der Waals surface area contributed by atoms with Crippen molar-refractivity contribution in [3.63, 3.8) is 0 Å². The third kappa shape index (κ3) is 1.05. The van der Waals surface area contributed by atoms with Gasteiger partial charge in [-0.25, -0.2) is 0 Å². The Morgan fingerprint density at radius 1 is 1.80 bits per heavy atom. The van der Waals surface area contributed by atoms with E-state index in [2.05, 4.69) is 10.5 Å². The maximum absolute atomic E-state index is 9.08. The van der Waals surface area contributed by atoms with Crippen LogP contribution in [0, 0.1) is 0 Å². The van der Waals surface area contributed by atoms with Crippen molar-refractivity contribution < 1.29 is 10.2 Å². The van der Waals surface area contributed by atoms with Crippen molar-refractivity contribution in [3.8, 4) is 0 Å². The zero-order valence-corrected chi connectivity index (χ0v) is 5.78. The van der Waals surface area contributed by atoms with E-state index in [1.54, 1.807) is 4.90 Å². The van der Waals surface area contributed by atoms with Crippen LogP contribution < -0.4 is 5.43 Å². The Balaban J connectivity index is 2.57. The number of nitrogens with zero attached hydrogens (tertiary/aromatic N) is 2. The highest BCUT2D eigenvalue weighted by molar-refractivity contribution is 5.84. The molecule has 0 aromatic rings. The molecule has 3 N–H and O–H groups in total. The van der Waals surface area contributed by atoms with Crippen molar-refractivity contribution >= 4 is 5.84 Å². The number of amidine groups is 1. The van der Waals surface area contributed by atoms with Gasteiger partial charge in [0.25, 0.3) is 0 Å². The van der Waals surface area contributed by atoms with E-state index in [0.717, 1.165) is 0 Å². The maximum atomic E-state index is 9.08. The smallest absolute Gasteiger partial charge is 0.221 e. The van der Waals surface area contributed by atoms with Crippen molar-refractivity contribution in [2.45, 2.75) is 13.3 Å². The number of aliphatic hydroxyl groups excluding tert-OH is 2. The Morgan fingerprint density at radius 3 is 2.90 bits per heavy atom. The molecule has 58 valence electrons. The van der Waals surface area contributed by atoms with Gasteiger partial charge in [0, 0.05) is 6.54 Å². The third-order valence-electron chi connectivity index (χ3n) is 1.42. The predicted octanol–water partition coefficient (Wildman–Crippen LogP) is -1.51. The van der Waals surface area contributed by atoms with Crippen LogP contribution in [0.3, 0.4) is 0 Å². The van der Waals surface area contributed by atoms with E-state index in [-0.39, 0.29) is 6.61 Å². The molecule has 1 aliphatic heterocycles. The molecular weight excluding hydrogens is 134 g/mol. The van der Waals surface area contributed by atoms with E-state index in [0.29, 0.717) is 12.4 Å². The average molecular weight is 145 g/mol. The molecule has 0 fully saturated rings. The molecule has 1 heterocycles. The van der Waals surface area contributed by atoms with Crippen LogP contribution in [0.25, 0.3) is 0 Å². The van der Waals surface area contributed by atoms with Gasteiger partial charge in [0.05, 0.1) is 0 Å². The van der Waals surface area contributed by atoms with Crippen molar-refractivity contribution in [2.75, 3.05) is 13.2 Å². The lowest BCUT2D eigenvalue weighted by Crippen LogP contribution is -2.40. The van der Waals surface area contributed by atoms with Gasteiger partial charge in [0.15, 0.2) is 5.84 Å². The lowest BCUT2D eigenvalue weighted by atomic mass is 10.5. The molecule has 0 amide bonds. The number of rotatable bonds is 2. The van der Waals surface area contributed by atoms with E-state index < -0.39 is 6.35 Å². The molecule has 1 aliphatic rings. The van der Waals surface area contributed by atoms with Gasteiger partial charge >= 0.3 is 0 Å². The molecule has 10 heavy (non-hydrogen) atoms. The van der Waals surface area contributed by atoms with Crippen molar-refractivity contribution in [1.82, 2.24) is 10.3 Å². The van der Waals surface area contributed by atoms with Crippen LogP contribution in [-0.4, -0.2) is 40.5 Å². The van der Waals surface area contributed by atoms with Crippen molar-refractivity contribution in [3.05, 3.63) is 0 Å². The first-order valence-corrected chi connectivity index (χ1v) is 3.17. The monoisotopic (exact) mass is 145 g/mol. The fourth-order valence-corrected chi connectivity index (χ4v) is 0.889. The molecule has 5 nitrogen and oxygen atoms in total. The minimum atomic E-state index is -0.771. The highest BCUT2D eigenvalue weighted by Crippen LogP contribution is 2.01. The molecule has 1 unspecified atom stereocenters. The fraction of sp³-hybridized carbons (Fsp3) is 0.800. The normalized spacial score (nSPS) is 24.5. The quantitative estimate of drug-likeness (QED) is 0.442. The van der Waals surface area contributed by atoms with E-state index in [1.165, 1.54) is 0 Å². The van der Waals surface area contributed by atoms with E-state index in [9.17, 15) is 0 Å². The summed E-state index contributed by atoms with van der Waals surface area (Å²) < 4.78 is 0. The molecular formula is C5H11N3O2. The molecule has 5 heteroatoms. The standard InChI is InChI=1S/C5H11N3O2/c1-2-8-4(3-9)6-7-5(8)10/h5,7,9-10H,2-3H2,1H3. The number of aliphatic hydroxyl groups is 2. The van der Waals surface area contributed by atoms with Crippen molar-refractivity contribution in [1.29, 1.82) is 0 Å². The van der Waals surface area contributed by atoms with Crippen LogP contribution in [0.4, 0.5) is 0 Å². The van der Waals surface area contributed by atoms with Crippen molar-refractivity contribution in [2.24, 2.45) is 5.10 Å². The van der Waals surface area contributed by atoms with E-state index in [4.69, 9.17) is 10.2 Å². The summed E-state index contributed by atoms with van der Waals surface area (Å²) in [7, 11) is 0. The Kier molecular flexibility index (Phi) is 2.08. The number of hydrogen-bond donors (Lipinski definition) is 3. The molecule has 0 saturated carbocycles. The summed E-state index contributed by atoms with van der Waals surface area (Å²) >= 11 is 0. The van der Waals surface area contributed by atoms with Crippen LogP contribution in [-0.2, 0) is 0 Å². The van der Waals surface area contributed by atoms with Gasteiger partial charge in [-0.05, 0) is 6.92 Å². The van der Waals surface area contributed by atoms with Gasteiger partial charge in [-0.2, -0.15) is 5.10 Å². The molecule has 0 aliphatic carbocycles. The maximum Gasteiger partial charge on any atom is 0.221 e. The SMILES string of the molecule is CCN1C(CO)=NNC1O. The summed E-state index contributed by atoms with van der Waals surface area (Å²) in [4.78, 5) is 1.57. The Labute approximate surface area is 59.0 Å². The summed E-state index contributed by atoms with van der Waals surface area (Å²) in [5, 5.41) is 21.4. The summed E-state index contributed by atoms with van der Waals surface area (Å²) in [5.74, 6) is 0.481. The largest absolute Gasteiger partial charge is 0.388 e.